The van der Waals surface area contributed by atoms with Crippen LogP contribution in [0.4, 0.5) is 5.13 Å². The third kappa shape index (κ3) is 6.53. The average Bonchev–Trinajstić information content (AvgIpc) is 3.34. The average molecular weight is 505 g/mol. The lowest BCUT2D eigenvalue weighted by Gasteiger charge is -2.22. The minimum Gasteiger partial charge on any atom is -0.343 e. The number of nitrogens with one attached hydrogen (secondary N) is 2. The van der Waals surface area contributed by atoms with Gasteiger partial charge in [0.25, 0.3) is 0 Å². The Balaban J connectivity index is 1.51. The molecule has 0 fully saturated rings. The van der Waals surface area contributed by atoms with Gasteiger partial charge in [-0.2, -0.15) is 0 Å². The van der Waals surface area contributed by atoms with Gasteiger partial charge in [-0.3, -0.25) is 14.9 Å². The van der Waals surface area contributed by atoms with E-state index in [1.54, 1.807) is 12.1 Å². The smallest absolute Gasteiger partial charge is 0.249 e. The summed E-state index contributed by atoms with van der Waals surface area (Å²) in [7, 11) is 0. The first-order valence-corrected chi connectivity index (χ1v) is 12.5. The predicted molar refractivity (Wildman–Crippen MR) is 141 cm³/mol. The molecule has 4 aromatic rings. The zero-order valence-corrected chi connectivity index (χ0v) is 20.7. The lowest BCUT2D eigenvalue weighted by atomic mass is 9.94. The highest BCUT2D eigenvalue weighted by molar-refractivity contribution is 7.18. The van der Waals surface area contributed by atoms with E-state index < -0.39 is 6.04 Å². The van der Waals surface area contributed by atoms with E-state index in [1.165, 1.54) is 11.3 Å². The number of rotatable bonds is 9. The maximum absolute atomic E-state index is 13.3. The van der Waals surface area contributed by atoms with E-state index in [0.29, 0.717) is 28.0 Å². The molecule has 0 bridgehead atoms. The van der Waals surface area contributed by atoms with Crippen LogP contribution in [0.5, 0.6) is 0 Å². The minimum absolute atomic E-state index is 0.186. The molecular weight excluding hydrogens is 480 g/mol. The van der Waals surface area contributed by atoms with Gasteiger partial charge in [0, 0.05) is 17.0 Å². The SMILES string of the molecule is CCC(C(=O)NC(Cc1ccccc1)C(=O)Nc1nnc(-c2ccc(Cl)cc2)s1)c1ccccc1. The second-order valence-corrected chi connectivity index (χ2v) is 9.44. The number of amides is 2. The van der Waals surface area contributed by atoms with E-state index in [4.69, 9.17) is 11.6 Å². The van der Waals surface area contributed by atoms with Crippen molar-refractivity contribution in [2.75, 3.05) is 5.32 Å². The van der Waals surface area contributed by atoms with Crippen LogP contribution in [-0.4, -0.2) is 28.1 Å². The highest BCUT2D eigenvalue weighted by atomic mass is 35.5. The normalized spacial score (nSPS) is 12.5. The monoisotopic (exact) mass is 504 g/mol. The summed E-state index contributed by atoms with van der Waals surface area (Å²) >= 11 is 7.22. The molecule has 1 aromatic heterocycles. The van der Waals surface area contributed by atoms with Gasteiger partial charge in [0.2, 0.25) is 16.9 Å². The summed E-state index contributed by atoms with van der Waals surface area (Å²) in [6.07, 6.45) is 0.975. The molecule has 0 aliphatic carbocycles. The molecule has 178 valence electrons. The second kappa shape index (κ2) is 11.7. The summed E-state index contributed by atoms with van der Waals surface area (Å²) in [5.74, 6) is -0.877. The lowest BCUT2D eigenvalue weighted by molar-refractivity contribution is -0.127. The van der Waals surface area contributed by atoms with Gasteiger partial charge in [-0.1, -0.05) is 103 Å². The zero-order chi connectivity index (χ0) is 24.6. The van der Waals surface area contributed by atoms with Crippen LogP contribution in [0, 0.1) is 0 Å². The molecule has 6 nitrogen and oxygen atoms in total. The van der Waals surface area contributed by atoms with Gasteiger partial charge in [0.15, 0.2) is 0 Å². The van der Waals surface area contributed by atoms with Crippen LogP contribution in [0.1, 0.15) is 30.4 Å². The molecule has 2 amide bonds. The number of anilines is 1. The van der Waals surface area contributed by atoms with E-state index in [9.17, 15) is 9.59 Å². The van der Waals surface area contributed by atoms with E-state index in [2.05, 4.69) is 20.8 Å². The third-order valence-corrected chi connectivity index (χ3v) is 6.73. The molecule has 0 saturated heterocycles. The predicted octanol–water partition coefficient (Wildman–Crippen LogP) is 5.72. The van der Waals surface area contributed by atoms with E-state index >= 15 is 0 Å². The molecule has 2 unspecified atom stereocenters. The molecule has 0 radical (unpaired) electrons. The number of carbonyl (C=O) groups excluding carboxylic acids is 2. The summed E-state index contributed by atoms with van der Waals surface area (Å²) in [4.78, 5) is 26.5. The largest absolute Gasteiger partial charge is 0.343 e. The molecule has 8 heteroatoms. The fourth-order valence-electron chi connectivity index (χ4n) is 3.76. The Bertz CT molecular complexity index is 1260. The van der Waals surface area contributed by atoms with Crippen molar-refractivity contribution in [2.24, 2.45) is 0 Å². The number of benzene rings is 3. The van der Waals surface area contributed by atoms with Crippen LogP contribution in [0.15, 0.2) is 84.9 Å². The summed E-state index contributed by atoms with van der Waals surface area (Å²) in [5.41, 5.74) is 2.72. The van der Waals surface area contributed by atoms with Crippen molar-refractivity contribution in [3.05, 3.63) is 101 Å². The van der Waals surface area contributed by atoms with Gasteiger partial charge in [-0.25, -0.2) is 0 Å². The molecule has 2 N–H and O–H groups in total. The maximum atomic E-state index is 13.3. The van der Waals surface area contributed by atoms with E-state index in [1.807, 2.05) is 79.7 Å². The number of carbonyl (C=O) groups is 2. The van der Waals surface area contributed by atoms with Crippen molar-refractivity contribution in [3.63, 3.8) is 0 Å². The van der Waals surface area contributed by atoms with Crippen LogP contribution in [0.3, 0.4) is 0 Å². The summed E-state index contributed by atoms with van der Waals surface area (Å²) in [6.45, 7) is 1.96. The zero-order valence-electron chi connectivity index (χ0n) is 19.1. The number of hydrogen-bond donors (Lipinski definition) is 2. The second-order valence-electron chi connectivity index (χ2n) is 8.03. The Morgan fingerprint density at radius 1 is 0.886 bits per heavy atom. The first-order valence-electron chi connectivity index (χ1n) is 11.3. The Morgan fingerprint density at radius 3 is 2.20 bits per heavy atom. The number of aromatic nitrogens is 2. The van der Waals surface area contributed by atoms with Crippen LogP contribution >= 0.6 is 22.9 Å². The summed E-state index contributed by atoms with van der Waals surface area (Å²) < 4.78 is 0. The van der Waals surface area contributed by atoms with Gasteiger partial charge < -0.3 is 5.32 Å². The lowest BCUT2D eigenvalue weighted by Crippen LogP contribution is -2.46. The number of nitrogens with zero attached hydrogens (tertiary/aromatic N) is 2. The van der Waals surface area contributed by atoms with E-state index in [0.717, 1.165) is 16.7 Å². The van der Waals surface area contributed by atoms with Crippen molar-refractivity contribution in [1.29, 1.82) is 0 Å². The topological polar surface area (TPSA) is 84.0 Å². The molecule has 4 rings (SSSR count). The molecule has 1 heterocycles. The van der Waals surface area contributed by atoms with Gasteiger partial charge in [-0.15, -0.1) is 10.2 Å². The van der Waals surface area contributed by atoms with Crippen molar-refractivity contribution in [3.8, 4) is 10.6 Å². The first-order chi connectivity index (χ1) is 17.0. The van der Waals surface area contributed by atoms with Gasteiger partial charge in [-0.05, 0) is 29.7 Å². The highest BCUT2D eigenvalue weighted by Crippen LogP contribution is 2.27. The van der Waals surface area contributed by atoms with Crippen LogP contribution < -0.4 is 10.6 Å². The Kier molecular flexibility index (Phi) is 8.23. The third-order valence-electron chi connectivity index (χ3n) is 5.59. The molecule has 0 saturated carbocycles. The minimum atomic E-state index is -0.773. The van der Waals surface area contributed by atoms with Crippen LogP contribution in [0.2, 0.25) is 5.02 Å². The number of hydrogen-bond acceptors (Lipinski definition) is 5. The molecule has 0 aliphatic rings. The molecule has 0 spiro atoms. The fourth-order valence-corrected chi connectivity index (χ4v) is 4.64. The van der Waals surface area contributed by atoms with Gasteiger partial charge in [0.05, 0.1) is 5.92 Å². The molecular formula is C27H25ClN4O2S. The highest BCUT2D eigenvalue weighted by Gasteiger charge is 2.27. The molecule has 35 heavy (non-hydrogen) atoms. The summed E-state index contributed by atoms with van der Waals surface area (Å²) in [5, 5.41) is 15.8. The van der Waals surface area contributed by atoms with Crippen molar-refractivity contribution in [2.45, 2.75) is 31.7 Å². The van der Waals surface area contributed by atoms with Crippen molar-refractivity contribution >= 4 is 39.9 Å². The number of halogens is 1. The maximum Gasteiger partial charge on any atom is 0.249 e. The van der Waals surface area contributed by atoms with Crippen molar-refractivity contribution < 1.29 is 9.59 Å². The quantitative estimate of drug-likeness (QED) is 0.305. The standard InChI is InChI=1S/C27H25ClN4O2S/c1-2-22(19-11-7-4-8-12-19)24(33)29-23(17-18-9-5-3-6-10-18)25(34)30-27-32-31-26(35-27)20-13-15-21(28)16-14-20/h3-16,22-23H,2,17H2,1H3,(H,29,33)(H,30,32,34). The van der Waals surface area contributed by atoms with Crippen molar-refractivity contribution in [1.82, 2.24) is 15.5 Å². The van der Waals surface area contributed by atoms with Crippen LogP contribution in [0.25, 0.3) is 10.6 Å². The Labute approximate surface area is 213 Å². The van der Waals surface area contributed by atoms with E-state index in [-0.39, 0.29) is 17.7 Å². The Hall–Kier alpha value is -3.55. The fraction of sp³-hybridized carbons (Fsp3) is 0.185. The summed E-state index contributed by atoms with van der Waals surface area (Å²) in [6, 6.07) is 25.7. The first kappa shape index (κ1) is 24.6. The molecule has 2 atom stereocenters. The Morgan fingerprint density at radius 2 is 1.54 bits per heavy atom. The van der Waals surface area contributed by atoms with Crippen LogP contribution in [-0.2, 0) is 16.0 Å². The molecule has 0 aliphatic heterocycles. The van der Waals surface area contributed by atoms with Gasteiger partial charge >= 0.3 is 0 Å². The molecule has 3 aromatic carbocycles. The van der Waals surface area contributed by atoms with Gasteiger partial charge in [0.1, 0.15) is 11.0 Å².